The molecule has 1 nitrogen and oxygen atoms in total. The number of rotatable bonds is 6. The van der Waals surface area contributed by atoms with E-state index in [4.69, 9.17) is 0 Å². The van der Waals surface area contributed by atoms with E-state index in [9.17, 15) is 0 Å². The highest BCUT2D eigenvalue weighted by Gasteiger charge is 2.25. The van der Waals surface area contributed by atoms with Crippen molar-refractivity contribution in [2.75, 3.05) is 4.90 Å². The molecule has 0 bridgehead atoms. The lowest BCUT2D eigenvalue weighted by molar-refractivity contribution is 1.00. The molecule has 0 N–H and O–H groups in total. The Kier molecular flexibility index (Phi) is 8.03. The zero-order chi connectivity index (χ0) is 37.7. The van der Waals surface area contributed by atoms with Crippen LogP contribution in [0.4, 0.5) is 17.1 Å². The molecule has 57 heavy (non-hydrogen) atoms. The van der Waals surface area contributed by atoms with Crippen molar-refractivity contribution in [2.45, 2.75) is 12.8 Å². The van der Waals surface area contributed by atoms with E-state index in [1.165, 1.54) is 87.6 Å². The third-order valence-corrected chi connectivity index (χ3v) is 11.9. The van der Waals surface area contributed by atoms with Gasteiger partial charge in [0.05, 0.1) is 11.4 Å². The zero-order valence-corrected chi connectivity index (χ0v) is 31.6. The molecule has 11 rings (SSSR count). The van der Waals surface area contributed by atoms with Gasteiger partial charge in [-0.25, -0.2) is 0 Å². The van der Waals surface area contributed by atoms with Gasteiger partial charge in [-0.2, -0.15) is 0 Å². The SMILES string of the molecule is C1=Cc2c(c3ccccc3c3c(-c4ccc(N(c5cccc6ccccc56)c5cccc6ccccc56)cc4)c(-c4ccccc4)cc(-c4ccccc4)c23)CC1. The Bertz CT molecular complexity index is 3070. The maximum Gasteiger partial charge on any atom is 0.0540 e. The average Bonchev–Trinajstić information content (AvgIpc) is 3.29. The van der Waals surface area contributed by atoms with Crippen LogP contribution in [-0.4, -0.2) is 0 Å². The van der Waals surface area contributed by atoms with Crippen molar-refractivity contribution < 1.29 is 0 Å². The fourth-order valence-corrected chi connectivity index (χ4v) is 9.36. The Balaban J connectivity index is 1.22. The van der Waals surface area contributed by atoms with Crippen LogP contribution in [0.25, 0.3) is 82.5 Å². The van der Waals surface area contributed by atoms with Crippen molar-refractivity contribution in [3.05, 3.63) is 217 Å². The first kappa shape index (κ1) is 33.1. The normalized spacial score (nSPS) is 12.4. The monoisotopic (exact) mass is 725 g/mol. The van der Waals surface area contributed by atoms with Crippen LogP contribution in [0.1, 0.15) is 17.5 Å². The first-order valence-electron chi connectivity index (χ1n) is 20.0. The summed E-state index contributed by atoms with van der Waals surface area (Å²) in [4.78, 5) is 2.44. The summed E-state index contributed by atoms with van der Waals surface area (Å²) < 4.78 is 0. The maximum atomic E-state index is 2.46. The van der Waals surface area contributed by atoms with Crippen molar-refractivity contribution in [3.8, 4) is 33.4 Å². The Labute approximate surface area is 333 Å². The Morgan fingerprint density at radius 1 is 0.386 bits per heavy atom. The van der Waals surface area contributed by atoms with Crippen LogP contribution in [0.5, 0.6) is 0 Å². The minimum Gasteiger partial charge on any atom is -0.309 e. The van der Waals surface area contributed by atoms with Crippen molar-refractivity contribution in [1.82, 2.24) is 0 Å². The number of aryl methyl sites for hydroxylation is 1. The Morgan fingerprint density at radius 2 is 0.912 bits per heavy atom. The van der Waals surface area contributed by atoms with Gasteiger partial charge in [-0.3, -0.25) is 0 Å². The molecule has 0 saturated heterocycles. The van der Waals surface area contributed by atoms with Crippen molar-refractivity contribution in [2.24, 2.45) is 0 Å². The van der Waals surface area contributed by atoms with Crippen molar-refractivity contribution in [3.63, 3.8) is 0 Å². The van der Waals surface area contributed by atoms with Gasteiger partial charge in [0.1, 0.15) is 0 Å². The van der Waals surface area contributed by atoms with E-state index in [2.05, 4.69) is 217 Å². The van der Waals surface area contributed by atoms with E-state index in [1.54, 1.807) is 0 Å². The highest BCUT2D eigenvalue weighted by molar-refractivity contribution is 6.25. The summed E-state index contributed by atoms with van der Waals surface area (Å²) >= 11 is 0. The van der Waals surface area contributed by atoms with Gasteiger partial charge in [-0.1, -0.05) is 182 Å². The van der Waals surface area contributed by atoms with Crippen LogP contribution in [-0.2, 0) is 6.42 Å². The van der Waals surface area contributed by atoms with Crippen LogP contribution in [0.3, 0.4) is 0 Å². The highest BCUT2D eigenvalue weighted by atomic mass is 15.1. The van der Waals surface area contributed by atoms with Crippen molar-refractivity contribution in [1.29, 1.82) is 0 Å². The highest BCUT2D eigenvalue weighted by Crippen LogP contribution is 2.50. The number of nitrogens with zero attached hydrogens (tertiary/aromatic N) is 1. The number of hydrogen-bond donors (Lipinski definition) is 0. The summed E-state index contributed by atoms with van der Waals surface area (Å²) in [6, 6.07) is 73.5. The molecule has 0 heterocycles. The molecule has 0 amide bonds. The minimum absolute atomic E-state index is 1.04. The van der Waals surface area contributed by atoms with E-state index < -0.39 is 0 Å². The average molecular weight is 726 g/mol. The second-order valence-corrected chi connectivity index (χ2v) is 15.1. The molecule has 0 radical (unpaired) electrons. The zero-order valence-electron chi connectivity index (χ0n) is 31.6. The van der Waals surface area contributed by atoms with Gasteiger partial charge in [0.25, 0.3) is 0 Å². The molecule has 1 heteroatoms. The fraction of sp³-hybridized carbons (Fsp3) is 0.0357. The Hall–Kier alpha value is -7.22. The van der Waals surface area contributed by atoms with E-state index in [1.807, 2.05) is 0 Å². The van der Waals surface area contributed by atoms with Crippen molar-refractivity contribution >= 4 is 66.2 Å². The molecule has 0 saturated carbocycles. The van der Waals surface area contributed by atoms with Gasteiger partial charge in [0.15, 0.2) is 0 Å². The summed E-state index contributed by atoms with van der Waals surface area (Å²) in [5.74, 6) is 0. The third kappa shape index (κ3) is 5.54. The topological polar surface area (TPSA) is 3.24 Å². The molecular formula is C56H39N. The molecule has 0 unspecified atom stereocenters. The van der Waals surface area contributed by atoms with Crippen LogP contribution >= 0.6 is 0 Å². The van der Waals surface area contributed by atoms with E-state index >= 15 is 0 Å². The van der Waals surface area contributed by atoms with Crippen LogP contribution in [0.15, 0.2) is 206 Å². The van der Waals surface area contributed by atoms with Gasteiger partial charge in [-0.15, -0.1) is 0 Å². The summed E-state index contributed by atoms with van der Waals surface area (Å²) in [7, 11) is 0. The molecule has 0 aliphatic heterocycles. The number of fused-ring (bicyclic) bond motifs is 8. The molecule has 0 fully saturated rings. The van der Waals surface area contributed by atoms with Crippen LogP contribution in [0.2, 0.25) is 0 Å². The molecule has 0 atom stereocenters. The standard InChI is InChI=1S/C56H39N/c1-3-17-40(18-4-1)50-37-51(41-19-5-2-6-20-41)55-48-29-13-11-27-46(48)47-28-12-14-30-49(47)56(55)54(50)42-33-35-43(36-34-42)57(52-31-15-23-38-21-7-9-25-44(38)52)53-32-16-24-39-22-8-10-26-45(39)53/h1-10,12-26,28-37H,11,27H2. The first-order chi connectivity index (χ1) is 28.3. The summed E-state index contributed by atoms with van der Waals surface area (Å²) in [5.41, 5.74) is 13.6. The fourth-order valence-electron chi connectivity index (χ4n) is 9.36. The van der Waals surface area contributed by atoms with E-state index in [0.717, 1.165) is 29.9 Å². The molecule has 1 aliphatic rings. The molecular weight excluding hydrogens is 687 g/mol. The number of benzene rings is 10. The second-order valence-electron chi connectivity index (χ2n) is 15.1. The maximum absolute atomic E-state index is 2.46. The molecule has 268 valence electrons. The summed E-state index contributed by atoms with van der Waals surface area (Å²) in [5, 5.41) is 10.2. The van der Waals surface area contributed by atoms with Crippen LogP contribution in [0, 0.1) is 0 Å². The number of hydrogen-bond acceptors (Lipinski definition) is 1. The largest absolute Gasteiger partial charge is 0.309 e. The van der Waals surface area contributed by atoms with E-state index in [-0.39, 0.29) is 0 Å². The molecule has 10 aromatic carbocycles. The van der Waals surface area contributed by atoms with Gasteiger partial charge in [0.2, 0.25) is 0 Å². The number of anilines is 3. The lowest BCUT2D eigenvalue weighted by Gasteiger charge is -2.28. The molecule has 1 aliphatic carbocycles. The summed E-state index contributed by atoms with van der Waals surface area (Å²) in [6.45, 7) is 0. The minimum atomic E-state index is 1.04. The molecule has 0 aromatic heterocycles. The quantitative estimate of drug-likeness (QED) is 0.154. The van der Waals surface area contributed by atoms with E-state index in [0.29, 0.717) is 0 Å². The smallest absolute Gasteiger partial charge is 0.0540 e. The predicted molar refractivity (Wildman–Crippen MR) is 245 cm³/mol. The van der Waals surface area contributed by atoms with Gasteiger partial charge in [-0.05, 0) is 120 Å². The van der Waals surface area contributed by atoms with Gasteiger partial charge < -0.3 is 4.90 Å². The second kappa shape index (κ2) is 13.8. The molecule has 10 aromatic rings. The van der Waals surface area contributed by atoms with Gasteiger partial charge in [0, 0.05) is 16.5 Å². The first-order valence-corrected chi connectivity index (χ1v) is 20.0. The summed E-state index contributed by atoms with van der Waals surface area (Å²) in [6.07, 6.45) is 6.85. The number of allylic oxidation sites excluding steroid dienone is 1. The van der Waals surface area contributed by atoms with Gasteiger partial charge >= 0.3 is 0 Å². The Morgan fingerprint density at radius 3 is 1.54 bits per heavy atom. The lowest BCUT2D eigenvalue weighted by Crippen LogP contribution is -2.11. The lowest BCUT2D eigenvalue weighted by atomic mass is 9.78. The third-order valence-electron chi connectivity index (χ3n) is 11.9. The van der Waals surface area contributed by atoms with Crippen LogP contribution < -0.4 is 4.90 Å². The predicted octanol–water partition coefficient (Wildman–Crippen LogP) is 15.7. The molecule has 0 spiro atoms.